The Hall–Kier alpha value is -3.71. The summed E-state index contributed by atoms with van der Waals surface area (Å²) in [6.45, 7) is 4.76. The topological polar surface area (TPSA) is 85.4 Å². The van der Waals surface area contributed by atoms with Crippen molar-refractivity contribution in [2.45, 2.75) is 32.8 Å². The number of H-pyrrole nitrogens is 1. The maximum atomic E-state index is 13.9. The largest absolute Gasteiger partial charge is 0.393 e. The van der Waals surface area contributed by atoms with E-state index < -0.39 is 0 Å². The molecule has 0 unspecified atom stereocenters. The number of likely N-dealkylation sites (tertiary alicyclic amines) is 1. The van der Waals surface area contributed by atoms with E-state index in [0.29, 0.717) is 59.6 Å². The summed E-state index contributed by atoms with van der Waals surface area (Å²) in [5.41, 5.74) is 6.06. The fourth-order valence-corrected chi connectivity index (χ4v) is 4.89. The first-order valence-electron chi connectivity index (χ1n) is 11.4. The first-order chi connectivity index (χ1) is 16.3. The minimum absolute atomic E-state index is 0.0699. The lowest BCUT2D eigenvalue weighted by Gasteiger charge is -2.29. The van der Waals surface area contributed by atoms with Gasteiger partial charge in [-0.05, 0) is 67.7 Å². The molecule has 3 N–H and O–H groups in total. The van der Waals surface area contributed by atoms with Gasteiger partial charge in [-0.25, -0.2) is 4.39 Å². The van der Waals surface area contributed by atoms with Crippen molar-refractivity contribution in [1.82, 2.24) is 9.88 Å². The number of hydrogen-bond acceptors (Lipinski definition) is 3. The molecule has 0 aliphatic carbocycles. The van der Waals surface area contributed by atoms with Gasteiger partial charge in [0.25, 0.3) is 11.8 Å². The third kappa shape index (κ3) is 3.82. The molecule has 5 rings (SSSR count). The highest BCUT2D eigenvalue weighted by Gasteiger charge is 2.30. The number of nitrogens with zero attached hydrogens (tertiary/aromatic N) is 1. The van der Waals surface area contributed by atoms with Crippen LogP contribution >= 0.6 is 0 Å². The standard InChI is InChI=1S/C27H26FN3O3/c1-15-23(29-16(2)24(15)27(34)31-11-9-19(32)10-12-31)14-21-25-20(17-5-3-6-18(28)13-17)7-4-8-22(25)30-26(21)33/h3-8,13-14,19,29,32H,9-12H2,1-2H3,(H,30,33)/b21-14-. The number of fused-ring (bicyclic) bond motifs is 1. The van der Waals surface area contributed by atoms with E-state index in [2.05, 4.69) is 10.3 Å². The van der Waals surface area contributed by atoms with E-state index in [0.717, 1.165) is 16.8 Å². The van der Waals surface area contributed by atoms with Crippen molar-refractivity contribution in [3.8, 4) is 11.1 Å². The quantitative estimate of drug-likeness (QED) is 0.503. The highest BCUT2D eigenvalue weighted by atomic mass is 19.1. The highest BCUT2D eigenvalue weighted by molar-refractivity contribution is 6.36. The summed E-state index contributed by atoms with van der Waals surface area (Å²) in [5.74, 6) is -0.662. The van der Waals surface area contributed by atoms with Crippen LogP contribution in [0.5, 0.6) is 0 Å². The van der Waals surface area contributed by atoms with Crippen LogP contribution in [0, 0.1) is 19.7 Å². The number of aliphatic hydroxyl groups is 1. The molecule has 3 heterocycles. The molecule has 0 radical (unpaired) electrons. The van der Waals surface area contributed by atoms with Crippen molar-refractivity contribution in [3.63, 3.8) is 0 Å². The van der Waals surface area contributed by atoms with Gasteiger partial charge in [0.2, 0.25) is 0 Å². The summed E-state index contributed by atoms with van der Waals surface area (Å²) in [6.07, 6.45) is 2.56. The van der Waals surface area contributed by atoms with Crippen molar-refractivity contribution in [3.05, 3.63) is 76.4 Å². The summed E-state index contributed by atoms with van der Waals surface area (Å²) in [5, 5.41) is 12.7. The number of amides is 2. The Morgan fingerprint density at radius 2 is 1.88 bits per heavy atom. The van der Waals surface area contributed by atoms with E-state index in [1.54, 1.807) is 17.0 Å². The fraction of sp³-hybridized carbons (Fsp3) is 0.259. The number of carbonyl (C=O) groups excluding carboxylic acids is 2. The van der Waals surface area contributed by atoms with E-state index >= 15 is 0 Å². The summed E-state index contributed by atoms with van der Waals surface area (Å²) in [4.78, 5) is 31.2. The SMILES string of the molecule is Cc1[nH]c(/C=C2\C(=O)Nc3cccc(-c4cccc(F)c4)c32)c(C)c1C(=O)N1CCC(O)CC1. The van der Waals surface area contributed by atoms with E-state index in [1.165, 1.54) is 12.1 Å². The van der Waals surface area contributed by atoms with E-state index in [1.807, 2.05) is 38.1 Å². The highest BCUT2D eigenvalue weighted by Crippen LogP contribution is 2.41. The zero-order valence-corrected chi connectivity index (χ0v) is 19.1. The first-order valence-corrected chi connectivity index (χ1v) is 11.4. The van der Waals surface area contributed by atoms with Crippen LogP contribution in [-0.4, -0.2) is 46.0 Å². The van der Waals surface area contributed by atoms with Gasteiger partial charge in [-0.3, -0.25) is 9.59 Å². The van der Waals surface area contributed by atoms with Crippen molar-refractivity contribution in [2.24, 2.45) is 0 Å². The molecule has 2 amide bonds. The summed E-state index contributed by atoms with van der Waals surface area (Å²) >= 11 is 0. The predicted octanol–water partition coefficient (Wildman–Crippen LogP) is 4.53. The number of aryl methyl sites for hydroxylation is 1. The van der Waals surface area contributed by atoms with Crippen molar-refractivity contribution < 1.29 is 19.1 Å². The second-order valence-corrected chi connectivity index (χ2v) is 8.94. The number of benzene rings is 2. The Balaban J connectivity index is 1.56. The molecular formula is C27H26FN3O3. The van der Waals surface area contributed by atoms with Gasteiger partial charge in [-0.2, -0.15) is 0 Å². The monoisotopic (exact) mass is 459 g/mol. The smallest absolute Gasteiger partial charge is 0.256 e. The lowest BCUT2D eigenvalue weighted by Crippen LogP contribution is -2.40. The zero-order chi connectivity index (χ0) is 24.0. The van der Waals surface area contributed by atoms with Crippen molar-refractivity contribution >= 4 is 29.2 Å². The van der Waals surface area contributed by atoms with Gasteiger partial charge in [0.15, 0.2) is 0 Å². The van der Waals surface area contributed by atoms with Crippen LogP contribution in [0.25, 0.3) is 22.8 Å². The molecular weight excluding hydrogens is 433 g/mol. The van der Waals surface area contributed by atoms with Gasteiger partial charge >= 0.3 is 0 Å². The van der Waals surface area contributed by atoms with E-state index in [4.69, 9.17) is 0 Å². The summed E-state index contributed by atoms with van der Waals surface area (Å²) < 4.78 is 13.9. The van der Waals surface area contributed by atoms with Gasteiger partial charge in [0.05, 0.1) is 17.2 Å². The number of anilines is 1. The molecule has 7 heteroatoms. The number of aliphatic hydroxyl groups excluding tert-OH is 1. The molecule has 1 aromatic heterocycles. The third-order valence-corrected chi connectivity index (χ3v) is 6.69. The second-order valence-electron chi connectivity index (χ2n) is 8.94. The Labute approximate surface area is 197 Å². The van der Waals surface area contributed by atoms with Crippen LogP contribution in [0.2, 0.25) is 0 Å². The Morgan fingerprint density at radius 3 is 2.62 bits per heavy atom. The molecule has 2 aliphatic rings. The van der Waals surface area contributed by atoms with Gasteiger partial charge < -0.3 is 20.3 Å². The molecule has 6 nitrogen and oxygen atoms in total. The number of rotatable bonds is 3. The molecule has 0 bridgehead atoms. The third-order valence-electron chi connectivity index (χ3n) is 6.69. The number of aromatic nitrogens is 1. The van der Waals surface area contributed by atoms with Crippen LogP contribution in [0.4, 0.5) is 10.1 Å². The van der Waals surface area contributed by atoms with Crippen molar-refractivity contribution in [2.75, 3.05) is 18.4 Å². The minimum atomic E-state index is -0.356. The maximum absolute atomic E-state index is 13.9. The number of carbonyl (C=O) groups is 2. The van der Waals surface area contributed by atoms with Crippen molar-refractivity contribution in [1.29, 1.82) is 0 Å². The molecule has 2 aromatic carbocycles. The molecule has 0 spiro atoms. The van der Waals surface area contributed by atoms with E-state index in [-0.39, 0.29) is 23.7 Å². The number of aromatic amines is 1. The van der Waals surface area contributed by atoms with Gasteiger partial charge in [0.1, 0.15) is 5.82 Å². The van der Waals surface area contributed by atoms with E-state index in [9.17, 15) is 19.1 Å². The summed E-state index contributed by atoms with van der Waals surface area (Å²) in [6, 6.07) is 11.8. The van der Waals surface area contributed by atoms with Gasteiger partial charge in [0, 0.05) is 35.7 Å². The number of piperidine rings is 1. The Morgan fingerprint density at radius 1 is 1.15 bits per heavy atom. The molecule has 3 aromatic rings. The normalized spacial score (nSPS) is 17.2. The number of hydrogen-bond donors (Lipinski definition) is 3. The molecule has 174 valence electrons. The predicted molar refractivity (Wildman–Crippen MR) is 130 cm³/mol. The number of halogens is 1. The van der Waals surface area contributed by atoms with Crippen LogP contribution in [0.15, 0.2) is 42.5 Å². The van der Waals surface area contributed by atoms with Crippen LogP contribution in [-0.2, 0) is 4.79 Å². The Kier molecular flexibility index (Phi) is 5.57. The Bertz CT molecular complexity index is 1330. The molecule has 34 heavy (non-hydrogen) atoms. The first kappa shape index (κ1) is 22.1. The molecule has 2 aliphatic heterocycles. The van der Waals surface area contributed by atoms with Gasteiger partial charge in [-0.1, -0.05) is 24.3 Å². The molecule has 0 atom stereocenters. The summed E-state index contributed by atoms with van der Waals surface area (Å²) in [7, 11) is 0. The molecule has 1 fully saturated rings. The average molecular weight is 460 g/mol. The van der Waals surface area contributed by atoms with Crippen LogP contribution in [0.1, 0.15) is 45.7 Å². The maximum Gasteiger partial charge on any atom is 0.256 e. The molecule has 1 saturated heterocycles. The fourth-order valence-electron chi connectivity index (χ4n) is 4.89. The molecule has 0 saturated carbocycles. The van der Waals surface area contributed by atoms with Crippen LogP contribution in [0.3, 0.4) is 0 Å². The lowest BCUT2D eigenvalue weighted by atomic mass is 9.94. The van der Waals surface area contributed by atoms with Gasteiger partial charge in [-0.15, -0.1) is 0 Å². The zero-order valence-electron chi connectivity index (χ0n) is 19.1. The second kappa shape index (κ2) is 8.57. The number of nitrogens with one attached hydrogen (secondary N) is 2. The average Bonchev–Trinajstić information content (AvgIpc) is 3.28. The minimum Gasteiger partial charge on any atom is -0.393 e. The van der Waals surface area contributed by atoms with Crippen LogP contribution < -0.4 is 5.32 Å². The lowest BCUT2D eigenvalue weighted by molar-refractivity contribution is -0.110.